The first-order valence-corrected chi connectivity index (χ1v) is 3.52. The topological polar surface area (TPSA) is 78.2 Å². The van der Waals surface area contributed by atoms with Crippen molar-refractivity contribution < 1.29 is 19.1 Å². The van der Waals surface area contributed by atoms with Crippen LogP contribution < -0.4 is 0 Å². The lowest BCUT2D eigenvalue weighted by Crippen LogP contribution is -2.03. The molecule has 0 heterocycles. The average molecular weight is 193 g/mol. The number of carbonyl (C=O) groups is 2. The van der Waals surface area contributed by atoms with Crippen molar-refractivity contribution in [2.45, 2.75) is 0 Å². The molecular formula is C9H4FNO3. The van der Waals surface area contributed by atoms with Gasteiger partial charge in [0, 0.05) is 0 Å². The van der Waals surface area contributed by atoms with Gasteiger partial charge < -0.3 is 5.11 Å². The summed E-state index contributed by atoms with van der Waals surface area (Å²) in [5.41, 5.74) is -1.01. The number of carboxylic acids is 1. The van der Waals surface area contributed by atoms with Crippen LogP contribution in [0.4, 0.5) is 4.39 Å². The van der Waals surface area contributed by atoms with Crippen LogP contribution >= 0.6 is 0 Å². The maximum absolute atomic E-state index is 12.9. The molecule has 0 atom stereocenters. The first-order chi connectivity index (χ1) is 6.60. The van der Waals surface area contributed by atoms with E-state index in [1.165, 1.54) is 0 Å². The highest BCUT2D eigenvalue weighted by atomic mass is 19.1. The maximum Gasteiger partial charge on any atom is 0.337 e. The highest BCUT2D eigenvalue weighted by molar-refractivity contribution is 5.92. The Morgan fingerprint density at radius 3 is 2.64 bits per heavy atom. The van der Waals surface area contributed by atoms with Gasteiger partial charge in [0.15, 0.2) is 6.29 Å². The summed E-state index contributed by atoms with van der Waals surface area (Å²) in [6.45, 7) is 0. The standard InChI is InChI=1S/C9H4FNO3/c10-8-2-7(9(13)14)5(3-11)1-6(8)4-12/h1-2,4H,(H,13,14). The Hall–Kier alpha value is -2.22. The number of hydrogen-bond acceptors (Lipinski definition) is 3. The highest BCUT2D eigenvalue weighted by Gasteiger charge is 2.14. The van der Waals surface area contributed by atoms with Gasteiger partial charge in [-0.05, 0) is 12.1 Å². The fraction of sp³-hybridized carbons (Fsp3) is 0. The third-order valence-corrected chi connectivity index (χ3v) is 1.61. The number of rotatable bonds is 2. The lowest BCUT2D eigenvalue weighted by Gasteiger charge is -2.00. The van der Waals surface area contributed by atoms with Gasteiger partial charge in [-0.25, -0.2) is 9.18 Å². The SMILES string of the molecule is N#Cc1cc(C=O)c(F)cc1C(=O)O. The van der Waals surface area contributed by atoms with Crippen molar-refractivity contribution in [2.75, 3.05) is 0 Å². The van der Waals surface area contributed by atoms with E-state index in [-0.39, 0.29) is 17.4 Å². The minimum absolute atomic E-state index is 0.224. The Balaban J connectivity index is 3.48. The minimum Gasteiger partial charge on any atom is -0.478 e. The normalized spacial score (nSPS) is 9.14. The van der Waals surface area contributed by atoms with E-state index >= 15 is 0 Å². The van der Waals surface area contributed by atoms with Crippen LogP contribution in [0.1, 0.15) is 26.3 Å². The Morgan fingerprint density at radius 2 is 2.21 bits per heavy atom. The smallest absolute Gasteiger partial charge is 0.337 e. The van der Waals surface area contributed by atoms with E-state index in [1.54, 1.807) is 6.07 Å². The second-order valence-corrected chi connectivity index (χ2v) is 2.45. The molecule has 1 rings (SSSR count). The number of carbonyl (C=O) groups excluding carboxylic acids is 1. The summed E-state index contributed by atoms with van der Waals surface area (Å²) in [5, 5.41) is 17.1. The lowest BCUT2D eigenvalue weighted by molar-refractivity contribution is 0.0695. The molecule has 0 bridgehead atoms. The number of hydrogen-bond donors (Lipinski definition) is 1. The van der Waals surface area contributed by atoms with Gasteiger partial charge >= 0.3 is 5.97 Å². The van der Waals surface area contributed by atoms with E-state index in [1.807, 2.05) is 0 Å². The summed E-state index contributed by atoms with van der Waals surface area (Å²) < 4.78 is 12.9. The number of halogens is 1. The molecule has 70 valence electrons. The number of benzene rings is 1. The van der Waals surface area contributed by atoms with Crippen molar-refractivity contribution in [3.05, 3.63) is 34.6 Å². The Morgan fingerprint density at radius 1 is 1.57 bits per heavy atom. The minimum atomic E-state index is -1.40. The molecule has 0 aliphatic carbocycles. The number of aldehydes is 1. The quantitative estimate of drug-likeness (QED) is 0.716. The van der Waals surface area contributed by atoms with Gasteiger partial charge in [0.25, 0.3) is 0 Å². The molecular weight excluding hydrogens is 189 g/mol. The molecule has 0 spiro atoms. The monoisotopic (exact) mass is 193 g/mol. The predicted molar refractivity (Wildman–Crippen MR) is 43.5 cm³/mol. The van der Waals surface area contributed by atoms with Gasteiger partial charge in [0.2, 0.25) is 0 Å². The molecule has 0 aliphatic rings. The largest absolute Gasteiger partial charge is 0.478 e. The summed E-state index contributed by atoms with van der Waals surface area (Å²) in [4.78, 5) is 20.8. The van der Waals surface area contributed by atoms with Crippen molar-refractivity contribution in [3.8, 4) is 6.07 Å². The number of carboxylic acid groups (broad SMARTS) is 1. The Labute approximate surface area is 78.2 Å². The van der Waals surface area contributed by atoms with E-state index in [9.17, 15) is 14.0 Å². The van der Waals surface area contributed by atoms with Gasteiger partial charge in [-0.2, -0.15) is 5.26 Å². The molecule has 0 aliphatic heterocycles. The first kappa shape index (κ1) is 9.86. The molecule has 1 N–H and O–H groups in total. The summed E-state index contributed by atoms with van der Waals surface area (Å²) >= 11 is 0. The van der Waals surface area contributed by atoms with Gasteiger partial charge in [-0.15, -0.1) is 0 Å². The first-order valence-electron chi connectivity index (χ1n) is 3.52. The van der Waals surface area contributed by atoms with Crippen molar-refractivity contribution in [2.24, 2.45) is 0 Å². The zero-order valence-corrected chi connectivity index (χ0v) is 6.82. The number of aromatic carboxylic acids is 1. The molecule has 1 aromatic rings. The van der Waals surface area contributed by atoms with Crippen LogP contribution in [0.5, 0.6) is 0 Å². The summed E-state index contributed by atoms with van der Waals surface area (Å²) in [7, 11) is 0. The summed E-state index contributed by atoms with van der Waals surface area (Å²) in [6.07, 6.45) is 0.224. The molecule has 0 saturated heterocycles. The van der Waals surface area contributed by atoms with Crippen molar-refractivity contribution in [1.29, 1.82) is 5.26 Å². The van der Waals surface area contributed by atoms with Gasteiger partial charge in [0.05, 0.1) is 16.7 Å². The van der Waals surface area contributed by atoms with Crippen molar-refractivity contribution in [1.82, 2.24) is 0 Å². The molecule has 5 heteroatoms. The van der Waals surface area contributed by atoms with Gasteiger partial charge in [0.1, 0.15) is 11.9 Å². The van der Waals surface area contributed by atoms with Crippen LogP contribution in [-0.4, -0.2) is 17.4 Å². The maximum atomic E-state index is 12.9. The van der Waals surface area contributed by atoms with Crippen LogP contribution in [0, 0.1) is 17.1 Å². The number of nitriles is 1. The van der Waals surface area contributed by atoms with E-state index < -0.39 is 17.3 Å². The van der Waals surface area contributed by atoms with E-state index in [0.29, 0.717) is 6.07 Å². The molecule has 0 fully saturated rings. The zero-order valence-electron chi connectivity index (χ0n) is 6.82. The molecule has 1 aromatic carbocycles. The van der Waals surface area contributed by atoms with Crippen molar-refractivity contribution >= 4 is 12.3 Å². The third kappa shape index (κ3) is 1.59. The molecule has 14 heavy (non-hydrogen) atoms. The lowest BCUT2D eigenvalue weighted by atomic mass is 10.0. The molecule has 0 saturated carbocycles. The number of nitrogens with zero attached hydrogens (tertiary/aromatic N) is 1. The average Bonchev–Trinajstić information content (AvgIpc) is 2.17. The van der Waals surface area contributed by atoms with Crippen molar-refractivity contribution in [3.63, 3.8) is 0 Å². The van der Waals surface area contributed by atoms with E-state index in [0.717, 1.165) is 6.07 Å². The summed E-state index contributed by atoms with van der Waals surface area (Å²) in [6, 6.07) is 3.14. The second kappa shape index (κ2) is 3.66. The Bertz CT molecular complexity index is 448. The zero-order chi connectivity index (χ0) is 10.7. The summed E-state index contributed by atoms with van der Waals surface area (Å²) in [5.74, 6) is -2.35. The van der Waals surface area contributed by atoms with Gasteiger partial charge in [-0.1, -0.05) is 0 Å². The molecule has 0 radical (unpaired) electrons. The second-order valence-electron chi connectivity index (χ2n) is 2.45. The molecule has 0 amide bonds. The fourth-order valence-electron chi connectivity index (χ4n) is 0.950. The van der Waals surface area contributed by atoms with Crippen LogP contribution in [-0.2, 0) is 0 Å². The van der Waals surface area contributed by atoms with Crippen LogP contribution in [0.3, 0.4) is 0 Å². The van der Waals surface area contributed by atoms with Crippen LogP contribution in [0.25, 0.3) is 0 Å². The van der Waals surface area contributed by atoms with Crippen LogP contribution in [0.2, 0.25) is 0 Å². The third-order valence-electron chi connectivity index (χ3n) is 1.61. The van der Waals surface area contributed by atoms with E-state index in [4.69, 9.17) is 10.4 Å². The fourth-order valence-corrected chi connectivity index (χ4v) is 0.950. The van der Waals surface area contributed by atoms with Gasteiger partial charge in [-0.3, -0.25) is 4.79 Å². The highest BCUT2D eigenvalue weighted by Crippen LogP contribution is 2.14. The molecule has 0 aromatic heterocycles. The Kier molecular flexibility index (Phi) is 2.58. The molecule has 0 unspecified atom stereocenters. The van der Waals surface area contributed by atoms with E-state index in [2.05, 4.69) is 0 Å². The van der Waals surface area contributed by atoms with Crippen LogP contribution in [0.15, 0.2) is 12.1 Å². The predicted octanol–water partition coefficient (Wildman–Crippen LogP) is 1.21. The molecule has 4 nitrogen and oxygen atoms in total.